The summed E-state index contributed by atoms with van der Waals surface area (Å²) in [6, 6.07) is 10.1. The number of benzene rings is 2. The first-order valence-corrected chi connectivity index (χ1v) is 14.6. The topological polar surface area (TPSA) is 166 Å². The first kappa shape index (κ1) is 32.0. The summed E-state index contributed by atoms with van der Waals surface area (Å²) in [5, 5.41) is 15.6. The molecule has 2 aromatic rings. The molecule has 0 spiro atoms. The molecule has 12 heteroatoms. The van der Waals surface area contributed by atoms with Crippen LogP contribution in [0, 0.1) is 5.92 Å². The molecule has 0 fully saturated rings. The maximum atomic E-state index is 12.9. The van der Waals surface area contributed by atoms with Crippen molar-refractivity contribution in [2.75, 3.05) is 13.3 Å². The van der Waals surface area contributed by atoms with Crippen LogP contribution in [0.25, 0.3) is 11.1 Å². The van der Waals surface area contributed by atoms with Gasteiger partial charge in [-0.25, -0.2) is 5.06 Å². The highest BCUT2D eigenvalue weighted by Crippen LogP contribution is 2.37. The lowest BCUT2D eigenvalue weighted by molar-refractivity contribution is -0.168. The third-order valence-corrected chi connectivity index (χ3v) is 7.23. The molecule has 2 atom stereocenters. The van der Waals surface area contributed by atoms with Crippen LogP contribution in [-0.2, 0) is 14.2 Å². The molecule has 0 radical (unpaired) electrons. The molecular weight excluding hydrogens is 525 g/mol. The minimum absolute atomic E-state index is 0.169. The van der Waals surface area contributed by atoms with Crippen molar-refractivity contribution in [2.45, 2.75) is 58.9 Å². The number of ether oxygens (including phenoxy) is 1. The van der Waals surface area contributed by atoms with E-state index in [1.807, 2.05) is 6.92 Å². The Balaban J connectivity index is 2.14. The number of hydrogen-bond acceptors (Lipinski definition) is 6. The molecule has 0 aliphatic rings. The van der Waals surface area contributed by atoms with Gasteiger partial charge >= 0.3 is 7.60 Å². The van der Waals surface area contributed by atoms with Gasteiger partial charge in [0.1, 0.15) is 5.75 Å². The van der Waals surface area contributed by atoms with E-state index >= 15 is 0 Å². The van der Waals surface area contributed by atoms with Gasteiger partial charge in [0.15, 0.2) is 0 Å². The number of amides is 3. The minimum atomic E-state index is -4.54. The Bertz CT molecular complexity index is 1170. The summed E-state index contributed by atoms with van der Waals surface area (Å²) in [5.41, 5.74) is 1.28. The van der Waals surface area contributed by atoms with Gasteiger partial charge in [-0.3, -0.25) is 24.2 Å². The van der Waals surface area contributed by atoms with Gasteiger partial charge in [0.05, 0.1) is 30.5 Å². The molecule has 2 rings (SSSR count). The van der Waals surface area contributed by atoms with Gasteiger partial charge < -0.3 is 25.2 Å². The number of hydrogen-bond donors (Lipinski definition) is 5. The largest absolute Gasteiger partial charge is 0.494 e. The van der Waals surface area contributed by atoms with Crippen LogP contribution < -0.4 is 20.7 Å². The molecule has 0 bridgehead atoms. The molecule has 0 unspecified atom stereocenters. The van der Waals surface area contributed by atoms with Crippen LogP contribution in [0.4, 0.5) is 0 Å². The van der Waals surface area contributed by atoms with Gasteiger partial charge in [0.25, 0.3) is 5.91 Å². The molecule has 0 saturated heterocycles. The van der Waals surface area contributed by atoms with E-state index in [-0.39, 0.29) is 29.9 Å². The molecule has 0 aliphatic heterocycles. The molecule has 0 heterocycles. The fourth-order valence-corrected chi connectivity index (χ4v) is 4.90. The van der Waals surface area contributed by atoms with Crippen molar-refractivity contribution < 1.29 is 38.7 Å². The number of nitrogens with one attached hydrogen (secondary N) is 2. The number of carbonyl (C=O) groups excluding carboxylic acids is 3. The molecule has 0 saturated carbocycles. The number of carbonyl (C=O) groups is 3. The van der Waals surface area contributed by atoms with Gasteiger partial charge in [0, 0.05) is 5.56 Å². The summed E-state index contributed by atoms with van der Waals surface area (Å²) in [6.07, 6.45) is 3.76. The molecule has 2 aromatic carbocycles. The summed E-state index contributed by atoms with van der Waals surface area (Å²) in [4.78, 5) is 56.2. The maximum absolute atomic E-state index is 12.9. The van der Waals surface area contributed by atoms with E-state index in [0.29, 0.717) is 41.4 Å². The summed E-state index contributed by atoms with van der Waals surface area (Å²) in [5.74, 6) is -1.20. The second-order valence-electron chi connectivity index (χ2n) is 9.06. The average Bonchev–Trinajstić information content (AvgIpc) is 2.91. The predicted molar refractivity (Wildman–Crippen MR) is 147 cm³/mol. The van der Waals surface area contributed by atoms with Crippen molar-refractivity contribution in [2.24, 2.45) is 5.92 Å². The fraction of sp³-hybridized carbons (Fsp3) is 0.444. The van der Waals surface area contributed by atoms with E-state index in [1.54, 1.807) is 44.2 Å². The van der Waals surface area contributed by atoms with Gasteiger partial charge in [-0.1, -0.05) is 45.2 Å². The highest BCUT2D eigenvalue weighted by Gasteiger charge is 2.30. The monoisotopic (exact) mass is 563 g/mol. The lowest BCUT2D eigenvalue weighted by atomic mass is 9.90. The van der Waals surface area contributed by atoms with E-state index in [0.717, 1.165) is 19.3 Å². The third-order valence-electron chi connectivity index (χ3n) is 6.29. The minimum Gasteiger partial charge on any atom is -0.494 e. The number of rotatable bonds is 16. The Morgan fingerprint density at radius 2 is 1.79 bits per heavy atom. The van der Waals surface area contributed by atoms with Crippen molar-refractivity contribution in [1.82, 2.24) is 15.7 Å². The number of unbranched alkanes of at least 4 members (excludes halogenated alkanes) is 2. The molecule has 0 aromatic heterocycles. The zero-order valence-electron chi connectivity index (χ0n) is 22.5. The molecule has 39 heavy (non-hydrogen) atoms. The van der Waals surface area contributed by atoms with Gasteiger partial charge in [0.2, 0.25) is 12.3 Å². The second kappa shape index (κ2) is 15.4. The summed E-state index contributed by atoms with van der Waals surface area (Å²) in [7, 11) is -4.54. The highest BCUT2D eigenvalue weighted by atomic mass is 31.2. The van der Waals surface area contributed by atoms with E-state index in [1.165, 1.54) is 12.1 Å². The van der Waals surface area contributed by atoms with Crippen LogP contribution in [0.3, 0.4) is 0 Å². The molecule has 214 valence electrons. The molecule has 3 amide bonds. The Morgan fingerprint density at radius 1 is 1.05 bits per heavy atom. The maximum Gasteiger partial charge on any atom is 0.356 e. The van der Waals surface area contributed by atoms with Crippen molar-refractivity contribution in [1.29, 1.82) is 0 Å². The van der Waals surface area contributed by atoms with E-state index in [2.05, 4.69) is 10.6 Å². The fourth-order valence-electron chi connectivity index (χ4n) is 4.30. The molecule has 5 N–H and O–H groups in total. The van der Waals surface area contributed by atoms with Crippen LogP contribution in [0.5, 0.6) is 5.75 Å². The third kappa shape index (κ3) is 9.47. The SMILES string of the molecule is CCCCC[C@@H](C(=O)NCNC(=O)c1cccc(-c2cc(OCC)cc(P(=O)(O)O)c2)c1)[C@@H](CC)N(O)C=O. The first-order chi connectivity index (χ1) is 18.5. The van der Waals surface area contributed by atoms with Crippen LogP contribution >= 0.6 is 7.60 Å². The summed E-state index contributed by atoms with van der Waals surface area (Å²) in [6.45, 7) is 5.71. The zero-order chi connectivity index (χ0) is 29.0. The second-order valence-corrected chi connectivity index (χ2v) is 10.7. The lowest BCUT2D eigenvalue weighted by Gasteiger charge is -2.29. The predicted octanol–water partition coefficient (Wildman–Crippen LogP) is 3.18. The van der Waals surface area contributed by atoms with Gasteiger partial charge in [-0.05, 0) is 61.2 Å². The number of hydroxylamine groups is 2. The van der Waals surface area contributed by atoms with Crippen molar-refractivity contribution >= 4 is 31.1 Å². The number of nitrogens with zero attached hydrogens (tertiary/aromatic N) is 1. The van der Waals surface area contributed by atoms with Crippen LogP contribution in [0.1, 0.15) is 63.2 Å². The zero-order valence-corrected chi connectivity index (χ0v) is 23.4. The Morgan fingerprint density at radius 3 is 2.41 bits per heavy atom. The molecular formula is C27H38N3O8P. The first-order valence-electron chi connectivity index (χ1n) is 13.0. The van der Waals surface area contributed by atoms with Gasteiger partial charge in [-0.15, -0.1) is 0 Å². The van der Waals surface area contributed by atoms with Gasteiger partial charge in [-0.2, -0.15) is 0 Å². The van der Waals surface area contributed by atoms with Crippen LogP contribution in [-0.4, -0.2) is 57.6 Å². The van der Waals surface area contributed by atoms with Crippen molar-refractivity contribution in [3.63, 3.8) is 0 Å². The normalized spacial score (nSPS) is 12.8. The smallest absolute Gasteiger partial charge is 0.356 e. The Hall–Kier alpha value is -3.24. The molecule has 11 nitrogen and oxygen atoms in total. The van der Waals surface area contributed by atoms with E-state index < -0.39 is 25.5 Å². The summed E-state index contributed by atoms with van der Waals surface area (Å²) >= 11 is 0. The Labute approximate surface area is 228 Å². The standard InChI is InChI=1S/C27H38N3O8P/c1-4-7-8-12-24(25(5-2)30(34)18-31)27(33)29-17-28-26(32)20-11-9-10-19(13-20)21-14-22(38-6-3)16-23(15-21)39(35,36)37/h9-11,13-16,18,24-25,34H,4-8,12,17H2,1-3H3,(H,28,32)(H,29,33)(H2,35,36,37)/t24-,25-/m1/s1. The average molecular weight is 564 g/mol. The Kier molecular flexibility index (Phi) is 12.6. The van der Waals surface area contributed by atoms with E-state index in [9.17, 15) is 33.9 Å². The van der Waals surface area contributed by atoms with Crippen LogP contribution in [0.15, 0.2) is 42.5 Å². The van der Waals surface area contributed by atoms with E-state index in [4.69, 9.17) is 4.74 Å². The quantitative estimate of drug-likeness (QED) is 0.0519. The van der Waals surface area contributed by atoms with Crippen LogP contribution in [0.2, 0.25) is 0 Å². The lowest BCUT2D eigenvalue weighted by Crippen LogP contribution is -2.47. The molecule has 0 aliphatic carbocycles. The van der Waals surface area contributed by atoms with Crippen molar-refractivity contribution in [3.8, 4) is 16.9 Å². The van der Waals surface area contributed by atoms with Crippen molar-refractivity contribution in [3.05, 3.63) is 48.0 Å². The summed E-state index contributed by atoms with van der Waals surface area (Å²) < 4.78 is 17.3. The highest BCUT2D eigenvalue weighted by molar-refractivity contribution is 7.60.